The predicted octanol–water partition coefficient (Wildman–Crippen LogP) is 7.96. The van der Waals surface area contributed by atoms with Gasteiger partial charge in [0.1, 0.15) is 11.2 Å². The first-order chi connectivity index (χ1) is 26.1. The van der Waals surface area contributed by atoms with Gasteiger partial charge < -0.3 is 24.1 Å². The molecule has 10 nitrogen and oxygen atoms in total. The summed E-state index contributed by atoms with van der Waals surface area (Å²) in [6, 6.07) is 0. The summed E-state index contributed by atoms with van der Waals surface area (Å²) in [6.45, 7) is 23.2. The Morgan fingerprint density at radius 1 is 0.768 bits per heavy atom. The Bertz CT molecular complexity index is 1480. The predicted molar refractivity (Wildman–Crippen MR) is 209 cm³/mol. The minimum Gasteiger partial charge on any atom is -0.465 e. The third-order valence-electron chi connectivity index (χ3n) is 16.5. The molecule has 0 aromatic rings. The molecule has 0 amide bonds. The van der Waals surface area contributed by atoms with E-state index in [1.807, 2.05) is 34.6 Å². The lowest BCUT2D eigenvalue weighted by atomic mass is 9.52. The fourth-order valence-corrected chi connectivity index (χ4v) is 13.0. The standard InChI is InChI=1S/C15H24O3.C14H24O2.C11H16O2.C6H8O3/c1-3-10(2)13(16)18-15-7-11-4-12(8-15)6-14(17,5-11)9-15;1-8-9(2)11-6-10(8)7-12(11)13(15)16-14(3,4)5;1-5-6(2)8-3-7(5)9-4-13-11(12)10(8)9;1-3-4(2)6(8)9-5(3)7/h10-12,17H,3-9H2,1-2H3;8-12H,6-7H2,1-5H3;5-10H,3-4H2,1-2H3;3-4H,1-2H3. The molecule has 1 N–H and O–H groups in total. The number of rotatable bonds is 4. The molecule has 8 aliphatic carbocycles. The van der Waals surface area contributed by atoms with E-state index in [1.54, 1.807) is 13.8 Å². The van der Waals surface area contributed by atoms with Gasteiger partial charge in [0.2, 0.25) is 0 Å². The highest BCUT2D eigenvalue weighted by molar-refractivity contribution is 5.95. The number of cyclic esters (lactones) is 3. The molecule has 316 valence electrons. The van der Waals surface area contributed by atoms with Crippen molar-refractivity contribution in [3.05, 3.63) is 0 Å². The van der Waals surface area contributed by atoms with Gasteiger partial charge in [-0.1, -0.05) is 55.4 Å². The Labute approximate surface area is 335 Å². The summed E-state index contributed by atoms with van der Waals surface area (Å²) in [5.41, 5.74) is -1.22. The monoisotopic (exact) mass is 785 g/mol. The maximum atomic E-state index is 12.1. The Balaban J connectivity index is 0.000000130. The number of carbonyl (C=O) groups excluding carboxylic acids is 5. The summed E-state index contributed by atoms with van der Waals surface area (Å²) >= 11 is 0. The van der Waals surface area contributed by atoms with Gasteiger partial charge in [-0.25, -0.2) is 0 Å². The molecule has 16 unspecified atom stereocenters. The fourth-order valence-electron chi connectivity index (χ4n) is 13.0. The number of ether oxygens (including phenoxy) is 4. The number of esters is 5. The highest BCUT2D eigenvalue weighted by atomic mass is 16.6. The highest BCUT2D eigenvalue weighted by Crippen LogP contribution is 2.61. The zero-order valence-corrected chi connectivity index (χ0v) is 36.1. The van der Waals surface area contributed by atoms with E-state index in [0.29, 0.717) is 48.5 Å². The molecule has 0 aromatic heterocycles. The van der Waals surface area contributed by atoms with Crippen LogP contribution in [0.1, 0.15) is 140 Å². The van der Waals surface area contributed by atoms with E-state index in [1.165, 1.54) is 19.3 Å². The quantitative estimate of drug-likeness (QED) is 0.170. The summed E-state index contributed by atoms with van der Waals surface area (Å²) in [6.07, 6.45) is 10.1. The molecule has 0 radical (unpaired) electrons. The minimum absolute atomic E-state index is 0.0207. The van der Waals surface area contributed by atoms with Crippen molar-refractivity contribution in [3.63, 3.8) is 0 Å². The van der Waals surface area contributed by atoms with Gasteiger partial charge in [-0.05, 0) is 138 Å². The van der Waals surface area contributed by atoms with E-state index >= 15 is 0 Å². The van der Waals surface area contributed by atoms with Gasteiger partial charge in [0.15, 0.2) is 0 Å². The zero-order valence-electron chi connectivity index (χ0n) is 36.1. The van der Waals surface area contributed by atoms with Crippen molar-refractivity contribution in [2.45, 2.75) is 157 Å². The van der Waals surface area contributed by atoms with Crippen molar-refractivity contribution in [2.24, 2.45) is 94.7 Å². The maximum absolute atomic E-state index is 12.1. The molecule has 0 aromatic carbocycles. The van der Waals surface area contributed by atoms with E-state index < -0.39 is 17.5 Å². The topological polar surface area (TPSA) is 143 Å². The summed E-state index contributed by atoms with van der Waals surface area (Å²) < 4.78 is 20.9. The first-order valence-electron chi connectivity index (χ1n) is 22.2. The largest absolute Gasteiger partial charge is 0.465 e. The molecule has 10 rings (SSSR count). The third-order valence-corrected chi connectivity index (χ3v) is 16.5. The van der Waals surface area contributed by atoms with Crippen LogP contribution in [0, 0.1) is 94.7 Å². The fraction of sp³-hybridized carbons (Fsp3) is 0.891. The lowest BCUT2D eigenvalue weighted by Gasteiger charge is -2.59. The lowest BCUT2D eigenvalue weighted by Crippen LogP contribution is -2.60. The molecule has 10 heteroatoms. The van der Waals surface area contributed by atoms with Crippen LogP contribution in [0.2, 0.25) is 0 Å². The molecule has 0 spiro atoms. The molecule has 16 atom stereocenters. The van der Waals surface area contributed by atoms with Crippen LogP contribution >= 0.6 is 0 Å². The summed E-state index contributed by atoms with van der Waals surface area (Å²) in [7, 11) is 0. The van der Waals surface area contributed by atoms with Gasteiger partial charge in [-0.15, -0.1) is 0 Å². The van der Waals surface area contributed by atoms with Crippen molar-refractivity contribution in [2.75, 3.05) is 6.61 Å². The number of hydrogen-bond donors (Lipinski definition) is 1. The van der Waals surface area contributed by atoms with Crippen LogP contribution in [0.25, 0.3) is 0 Å². The van der Waals surface area contributed by atoms with Crippen molar-refractivity contribution < 1.29 is 48.0 Å². The molecule has 2 saturated heterocycles. The highest BCUT2D eigenvalue weighted by Gasteiger charge is 2.61. The van der Waals surface area contributed by atoms with Crippen LogP contribution in [0.4, 0.5) is 0 Å². The lowest BCUT2D eigenvalue weighted by molar-refractivity contribution is -0.222. The van der Waals surface area contributed by atoms with E-state index in [9.17, 15) is 29.1 Å². The van der Waals surface area contributed by atoms with Crippen molar-refractivity contribution in [3.8, 4) is 0 Å². The van der Waals surface area contributed by atoms with Gasteiger partial charge in [0.25, 0.3) is 0 Å². The third kappa shape index (κ3) is 8.48. The van der Waals surface area contributed by atoms with Crippen LogP contribution in [0.15, 0.2) is 0 Å². The molecule has 2 heterocycles. The van der Waals surface area contributed by atoms with Crippen LogP contribution in [-0.4, -0.2) is 58.4 Å². The van der Waals surface area contributed by atoms with E-state index in [2.05, 4.69) is 32.4 Å². The van der Waals surface area contributed by atoms with Crippen molar-refractivity contribution in [1.82, 2.24) is 0 Å². The first-order valence-corrected chi connectivity index (χ1v) is 22.2. The van der Waals surface area contributed by atoms with Gasteiger partial charge in [-0.2, -0.15) is 0 Å². The zero-order chi connectivity index (χ0) is 41.2. The van der Waals surface area contributed by atoms with Gasteiger partial charge in [-0.3, -0.25) is 24.0 Å². The number of carbonyl (C=O) groups is 5. The number of fused-ring (bicyclic) bond motifs is 7. The SMILES string of the molecule is CC1C(=O)OC(=O)C1C.CC1C(C)C2CC1C1COC(=O)C21.CC1C2CC(C(=O)OC(C)(C)C)C(C2)C1C.CCC(C)C(=O)OC12CC3CC(CC(O)(C3)C1)C2. The Hall–Kier alpha value is -2.49. The molecule has 8 saturated carbocycles. The van der Waals surface area contributed by atoms with Crippen LogP contribution < -0.4 is 0 Å². The average Bonchev–Trinajstić information content (AvgIpc) is 3.94. The molecule has 56 heavy (non-hydrogen) atoms. The van der Waals surface area contributed by atoms with Gasteiger partial charge in [0.05, 0.1) is 41.8 Å². The number of aliphatic hydroxyl groups is 1. The Morgan fingerprint density at radius 2 is 1.34 bits per heavy atom. The maximum Gasteiger partial charge on any atom is 0.317 e. The summed E-state index contributed by atoms with van der Waals surface area (Å²) in [5, 5.41) is 10.6. The molecule has 8 bridgehead atoms. The van der Waals surface area contributed by atoms with E-state index in [-0.39, 0.29) is 58.7 Å². The van der Waals surface area contributed by atoms with Crippen molar-refractivity contribution in [1.29, 1.82) is 0 Å². The molecule has 2 aliphatic heterocycles. The van der Waals surface area contributed by atoms with E-state index in [4.69, 9.17) is 14.2 Å². The second-order valence-corrected chi connectivity index (χ2v) is 21.3. The first kappa shape index (κ1) is 43.1. The summed E-state index contributed by atoms with van der Waals surface area (Å²) in [4.78, 5) is 56.7. The molecule has 10 aliphatic rings. The second kappa shape index (κ2) is 15.9. The van der Waals surface area contributed by atoms with Gasteiger partial charge in [0, 0.05) is 12.3 Å². The smallest absolute Gasteiger partial charge is 0.317 e. The Morgan fingerprint density at radius 3 is 1.82 bits per heavy atom. The molecular formula is C46H72O10. The molecular weight excluding hydrogens is 712 g/mol. The van der Waals surface area contributed by atoms with Crippen LogP contribution in [-0.2, 0) is 42.9 Å². The van der Waals surface area contributed by atoms with Crippen LogP contribution in [0.5, 0.6) is 0 Å². The molecule has 10 fully saturated rings. The van der Waals surface area contributed by atoms with E-state index in [0.717, 1.165) is 68.1 Å². The second-order valence-electron chi connectivity index (χ2n) is 21.3. The van der Waals surface area contributed by atoms with Gasteiger partial charge >= 0.3 is 29.8 Å². The minimum atomic E-state index is -0.542. The van der Waals surface area contributed by atoms with Crippen molar-refractivity contribution >= 4 is 29.8 Å². The normalized spacial score (nSPS) is 46.4. The van der Waals surface area contributed by atoms with Crippen LogP contribution in [0.3, 0.4) is 0 Å². The number of hydrogen-bond acceptors (Lipinski definition) is 10. The Kier molecular flexibility index (Phi) is 12.3. The average molecular weight is 785 g/mol. The summed E-state index contributed by atoms with van der Waals surface area (Å²) in [5.74, 6) is 6.69.